The van der Waals surface area contributed by atoms with Gasteiger partial charge in [0.15, 0.2) is 4.34 Å². The van der Waals surface area contributed by atoms with E-state index in [0.29, 0.717) is 12.3 Å². The molecule has 0 saturated carbocycles. The van der Waals surface area contributed by atoms with Crippen LogP contribution in [0.4, 0.5) is 13.2 Å². The van der Waals surface area contributed by atoms with Crippen molar-refractivity contribution < 1.29 is 18.0 Å². The van der Waals surface area contributed by atoms with Gasteiger partial charge in [-0.1, -0.05) is 41.3 Å². The van der Waals surface area contributed by atoms with E-state index < -0.39 is 17.6 Å². The van der Waals surface area contributed by atoms with Crippen LogP contribution in [0.25, 0.3) is 0 Å². The van der Waals surface area contributed by atoms with Crippen molar-refractivity contribution in [1.82, 2.24) is 15.5 Å². The van der Waals surface area contributed by atoms with E-state index in [2.05, 4.69) is 15.5 Å². The molecule has 0 radical (unpaired) electrons. The lowest BCUT2D eigenvalue weighted by Crippen LogP contribution is -2.28. The number of amides is 1. The maximum absolute atomic E-state index is 12.8. The molecule has 0 atom stereocenters. The smallest absolute Gasteiger partial charge is 0.355 e. The van der Waals surface area contributed by atoms with Crippen LogP contribution in [0.2, 0.25) is 0 Å². The topological polar surface area (TPSA) is 54.9 Å². The van der Waals surface area contributed by atoms with Crippen LogP contribution in [-0.4, -0.2) is 28.4 Å². The number of nitrogens with zero attached hydrogens (tertiary/aromatic N) is 2. The first-order chi connectivity index (χ1) is 10.9. The van der Waals surface area contributed by atoms with Crippen LogP contribution >= 0.6 is 23.1 Å². The summed E-state index contributed by atoms with van der Waals surface area (Å²) in [6, 6.07) is 5.11. The lowest BCUT2D eigenvalue weighted by Gasteiger charge is -2.12. The van der Waals surface area contributed by atoms with Crippen molar-refractivity contribution in [3.8, 4) is 0 Å². The minimum Gasteiger partial charge on any atom is -0.355 e. The summed E-state index contributed by atoms with van der Waals surface area (Å²) in [5, 5.41) is 11.3. The number of carbonyl (C=O) groups excluding carboxylic acids is 1. The molecule has 1 N–H and O–H groups in total. The molecular formula is C14H14F3N3OS2. The summed E-state index contributed by atoms with van der Waals surface area (Å²) in [6.45, 7) is 2.21. The Bertz CT molecular complexity index is 673. The maximum atomic E-state index is 12.8. The summed E-state index contributed by atoms with van der Waals surface area (Å²) in [7, 11) is 0. The Hall–Kier alpha value is -1.61. The van der Waals surface area contributed by atoms with Crippen molar-refractivity contribution in [3.63, 3.8) is 0 Å². The Morgan fingerprint density at radius 3 is 2.70 bits per heavy atom. The number of benzene rings is 1. The molecule has 0 bridgehead atoms. The molecule has 1 aromatic carbocycles. The molecule has 1 amide bonds. The summed E-state index contributed by atoms with van der Waals surface area (Å²) in [5.74, 6) is 0.150. The van der Waals surface area contributed by atoms with E-state index >= 15 is 0 Å². The highest BCUT2D eigenvalue weighted by Gasteiger charge is 2.33. The number of alkyl halides is 3. The number of aryl methyl sites for hydroxylation is 1. The highest BCUT2D eigenvalue weighted by atomic mass is 32.2. The molecule has 2 rings (SSSR count). The third-order valence-electron chi connectivity index (χ3n) is 2.83. The maximum Gasteiger partial charge on any atom is 0.416 e. The number of aromatic nitrogens is 2. The summed E-state index contributed by atoms with van der Waals surface area (Å²) in [5.41, 5.74) is -0.793. The molecule has 0 aliphatic rings. The predicted octanol–water partition coefficient (Wildman–Crippen LogP) is 3.32. The van der Waals surface area contributed by atoms with Gasteiger partial charge in [0.05, 0.1) is 12.0 Å². The zero-order chi connectivity index (χ0) is 16.9. The Balaban J connectivity index is 1.81. The second-order valence-corrected chi connectivity index (χ2v) is 7.14. The second kappa shape index (κ2) is 7.78. The minimum absolute atomic E-state index is 0.0232. The fourth-order valence-electron chi connectivity index (χ4n) is 1.85. The van der Waals surface area contributed by atoms with Crippen LogP contribution < -0.4 is 5.32 Å². The molecule has 124 valence electrons. The summed E-state index contributed by atoms with van der Waals surface area (Å²) < 4.78 is 39.3. The van der Waals surface area contributed by atoms with Crippen molar-refractivity contribution >= 4 is 29.0 Å². The van der Waals surface area contributed by atoms with Gasteiger partial charge < -0.3 is 5.32 Å². The molecule has 0 unspecified atom stereocenters. The molecule has 9 heteroatoms. The van der Waals surface area contributed by atoms with Gasteiger partial charge in [0.25, 0.3) is 0 Å². The SMILES string of the molecule is Cc1nnc(SCCNC(=O)Cc2ccccc2C(F)(F)F)s1. The highest BCUT2D eigenvalue weighted by molar-refractivity contribution is 8.01. The number of carbonyl (C=O) groups is 1. The Kier molecular flexibility index (Phi) is 6.00. The van der Waals surface area contributed by atoms with Crippen LogP contribution in [-0.2, 0) is 17.4 Å². The van der Waals surface area contributed by atoms with E-state index in [1.54, 1.807) is 0 Å². The Labute approximate surface area is 139 Å². The molecule has 0 spiro atoms. The van der Waals surface area contributed by atoms with Crippen molar-refractivity contribution in [2.45, 2.75) is 23.9 Å². The van der Waals surface area contributed by atoms with Gasteiger partial charge in [-0.05, 0) is 18.6 Å². The molecule has 1 heterocycles. The monoisotopic (exact) mass is 361 g/mol. The second-order valence-electron chi connectivity index (χ2n) is 4.62. The summed E-state index contributed by atoms with van der Waals surface area (Å²) in [4.78, 5) is 11.8. The normalized spacial score (nSPS) is 11.5. The molecular weight excluding hydrogens is 347 g/mol. The van der Waals surface area contributed by atoms with E-state index in [9.17, 15) is 18.0 Å². The van der Waals surface area contributed by atoms with Crippen molar-refractivity contribution in [2.24, 2.45) is 0 Å². The molecule has 2 aromatic rings. The zero-order valence-corrected chi connectivity index (χ0v) is 13.8. The van der Waals surface area contributed by atoms with Gasteiger partial charge >= 0.3 is 6.18 Å². The number of hydrogen-bond donors (Lipinski definition) is 1. The molecule has 0 aliphatic carbocycles. The van der Waals surface area contributed by atoms with Gasteiger partial charge in [0.1, 0.15) is 5.01 Å². The van der Waals surface area contributed by atoms with Crippen molar-refractivity contribution in [2.75, 3.05) is 12.3 Å². The standard InChI is InChI=1S/C14H14F3N3OS2/c1-9-19-20-13(23-9)22-7-6-18-12(21)8-10-4-2-3-5-11(10)14(15,16)17/h2-5H,6-8H2,1H3,(H,18,21). The number of thioether (sulfide) groups is 1. The van der Waals surface area contributed by atoms with Crippen molar-refractivity contribution in [3.05, 3.63) is 40.4 Å². The summed E-state index contributed by atoms with van der Waals surface area (Å²) in [6.07, 6.45) is -4.75. The zero-order valence-electron chi connectivity index (χ0n) is 12.2. The highest BCUT2D eigenvalue weighted by Crippen LogP contribution is 2.32. The van der Waals surface area contributed by atoms with Gasteiger partial charge in [0.2, 0.25) is 5.91 Å². The third kappa shape index (κ3) is 5.51. The van der Waals surface area contributed by atoms with Crippen LogP contribution in [0.5, 0.6) is 0 Å². The van der Waals surface area contributed by atoms with Gasteiger partial charge in [-0.3, -0.25) is 4.79 Å². The van der Waals surface area contributed by atoms with Gasteiger partial charge in [-0.2, -0.15) is 13.2 Å². The predicted molar refractivity (Wildman–Crippen MR) is 83.5 cm³/mol. The fraction of sp³-hybridized carbons (Fsp3) is 0.357. The first-order valence-electron chi connectivity index (χ1n) is 6.71. The van der Waals surface area contributed by atoms with Gasteiger partial charge in [-0.15, -0.1) is 10.2 Å². The lowest BCUT2D eigenvalue weighted by molar-refractivity contribution is -0.138. The number of rotatable bonds is 6. The van der Waals surface area contributed by atoms with Crippen LogP contribution in [0.15, 0.2) is 28.6 Å². The fourth-order valence-corrected chi connectivity index (χ4v) is 3.59. The van der Waals surface area contributed by atoms with E-state index in [1.165, 1.54) is 41.3 Å². The molecule has 1 aromatic heterocycles. The number of nitrogens with one attached hydrogen (secondary N) is 1. The molecule has 0 aliphatic heterocycles. The molecule has 0 saturated heterocycles. The Morgan fingerprint density at radius 1 is 1.30 bits per heavy atom. The number of hydrogen-bond acceptors (Lipinski definition) is 5. The molecule has 0 fully saturated rings. The largest absolute Gasteiger partial charge is 0.416 e. The quantitative estimate of drug-likeness (QED) is 0.633. The third-order valence-corrected chi connectivity index (χ3v) is 4.80. The average molecular weight is 361 g/mol. The lowest BCUT2D eigenvalue weighted by atomic mass is 10.0. The van der Waals surface area contributed by atoms with E-state index in [0.717, 1.165) is 15.4 Å². The molecule has 23 heavy (non-hydrogen) atoms. The number of halogens is 3. The van der Waals surface area contributed by atoms with Gasteiger partial charge in [-0.25, -0.2) is 0 Å². The van der Waals surface area contributed by atoms with Gasteiger partial charge in [0, 0.05) is 12.3 Å². The minimum atomic E-state index is -4.46. The van der Waals surface area contributed by atoms with Crippen LogP contribution in [0, 0.1) is 6.92 Å². The summed E-state index contributed by atoms with van der Waals surface area (Å²) >= 11 is 2.90. The van der Waals surface area contributed by atoms with Crippen LogP contribution in [0.1, 0.15) is 16.1 Å². The first-order valence-corrected chi connectivity index (χ1v) is 8.51. The van der Waals surface area contributed by atoms with E-state index in [1.807, 2.05) is 6.92 Å². The Morgan fingerprint density at radius 2 is 2.04 bits per heavy atom. The van der Waals surface area contributed by atoms with Crippen LogP contribution in [0.3, 0.4) is 0 Å². The molecule has 4 nitrogen and oxygen atoms in total. The van der Waals surface area contributed by atoms with Crippen molar-refractivity contribution in [1.29, 1.82) is 0 Å². The average Bonchev–Trinajstić information content (AvgIpc) is 2.89. The van der Waals surface area contributed by atoms with E-state index in [-0.39, 0.29) is 12.0 Å². The first kappa shape index (κ1) is 17.7. The van der Waals surface area contributed by atoms with E-state index in [4.69, 9.17) is 0 Å².